The van der Waals surface area contributed by atoms with Crippen molar-refractivity contribution in [2.45, 2.75) is 6.92 Å². The first-order valence-electron chi connectivity index (χ1n) is 7.74. The number of phenols is 1. The van der Waals surface area contributed by atoms with Gasteiger partial charge in [-0.15, -0.1) is 0 Å². The van der Waals surface area contributed by atoms with Gasteiger partial charge in [0.05, 0.1) is 0 Å². The van der Waals surface area contributed by atoms with Gasteiger partial charge in [-0.1, -0.05) is 6.92 Å². The summed E-state index contributed by atoms with van der Waals surface area (Å²) < 4.78 is 26.6. The zero-order valence-electron chi connectivity index (χ0n) is 13.5. The Morgan fingerprint density at radius 2 is 1.96 bits per heavy atom. The summed E-state index contributed by atoms with van der Waals surface area (Å²) in [4.78, 5) is 16.6. The van der Waals surface area contributed by atoms with Crippen molar-refractivity contribution in [2.24, 2.45) is 5.92 Å². The highest BCUT2D eigenvalue weighted by Crippen LogP contribution is 2.21. The van der Waals surface area contributed by atoms with Gasteiger partial charge in [-0.2, -0.15) is 0 Å². The molecule has 1 atom stereocenters. The molecule has 128 valence electrons. The van der Waals surface area contributed by atoms with E-state index in [4.69, 9.17) is 0 Å². The molecule has 2 N–H and O–H groups in total. The number of nitrogens with one attached hydrogen (secondary N) is 1. The molecule has 1 unspecified atom stereocenters. The van der Waals surface area contributed by atoms with Crippen molar-refractivity contribution in [1.29, 1.82) is 0 Å². The van der Waals surface area contributed by atoms with Crippen LogP contribution in [0.3, 0.4) is 0 Å². The van der Waals surface area contributed by atoms with Gasteiger partial charge in [0.15, 0.2) is 0 Å². The number of amides is 1. The molecule has 23 heavy (non-hydrogen) atoms. The van der Waals surface area contributed by atoms with Crippen LogP contribution in [0.4, 0.5) is 8.78 Å². The highest BCUT2D eigenvalue weighted by atomic mass is 19.1. The Kier molecular flexibility index (Phi) is 5.90. The van der Waals surface area contributed by atoms with Gasteiger partial charge >= 0.3 is 0 Å². The molecule has 0 aromatic heterocycles. The standard InChI is InChI=1S/C16H23F2N3O2/c1-11(10-21-5-3-20(2)4-6-21)9-19-16(23)15-13(18)7-12(17)8-14(15)22/h7-8,11,22H,3-6,9-10H2,1-2H3,(H,19,23). The van der Waals surface area contributed by atoms with Crippen LogP contribution in [0.5, 0.6) is 5.75 Å². The summed E-state index contributed by atoms with van der Waals surface area (Å²) in [7, 11) is 2.09. The fourth-order valence-electron chi connectivity index (χ4n) is 2.68. The molecule has 1 saturated heterocycles. The van der Waals surface area contributed by atoms with E-state index in [1.807, 2.05) is 6.92 Å². The predicted molar refractivity (Wildman–Crippen MR) is 83.5 cm³/mol. The number of carbonyl (C=O) groups excluding carboxylic acids is 1. The average Bonchev–Trinajstić information content (AvgIpc) is 2.46. The summed E-state index contributed by atoms with van der Waals surface area (Å²) in [5, 5.41) is 12.1. The summed E-state index contributed by atoms with van der Waals surface area (Å²) in [5.74, 6) is -3.21. The Hall–Kier alpha value is -1.73. The molecule has 0 aliphatic carbocycles. The quantitative estimate of drug-likeness (QED) is 0.856. The van der Waals surface area contributed by atoms with Gasteiger partial charge < -0.3 is 20.2 Å². The smallest absolute Gasteiger partial charge is 0.258 e. The zero-order chi connectivity index (χ0) is 17.0. The molecule has 2 rings (SSSR count). The van der Waals surface area contributed by atoms with E-state index in [0.717, 1.165) is 38.8 Å². The van der Waals surface area contributed by atoms with E-state index in [1.54, 1.807) is 0 Å². The first-order chi connectivity index (χ1) is 10.9. The summed E-state index contributed by atoms with van der Waals surface area (Å²) in [6.07, 6.45) is 0. The average molecular weight is 327 g/mol. The second-order valence-corrected chi connectivity index (χ2v) is 6.20. The topological polar surface area (TPSA) is 55.8 Å². The molecule has 7 heteroatoms. The van der Waals surface area contributed by atoms with E-state index in [1.165, 1.54) is 0 Å². The number of halogens is 2. The van der Waals surface area contributed by atoms with Crippen LogP contribution in [0.1, 0.15) is 17.3 Å². The number of hydrogen-bond donors (Lipinski definition) is 2. The molecule has 0 saturated carbocycles. The van der Waals surface area contributed by atoms with Gasteiger partial charge in [-0.25, -0.2) is 8.78 Å². The highest BCUT2D eigenvalue weighted by molar-refractivity contribution is 5.97. The molecule has 1 heterocycles. The number of phenolic OH excluding ortho intramolecular Hbond substituents is 1. The van der Waals surface area contributed by atoms with Crippen LogP contribution >= 0.6 is 0 Å². The van der Waals surface area contributed by atoms with Crippen molar-refractivity contribution in [3.05, 3.63) is 29.3 Å². The lowest BCUT2D eigenvalue weighted by Crippen LogP contribution is -2.46. The fraction of sp³-hybridized carbons (Fsp3) is 0.562. The zero-order valence-corrected chi connectivity index (χ0v) is 13.5. The van der Waals surface area contributed by atoms with Gasteiger partial charge in [0.25, 0.3) is 5.91 Å². The number of carbonyl (C=O) groups is 1. The molecule has 5 nitrogen and oxygen atoms in total. The molecule has 0 radical (unpaired) electrons. The van der Waals surface area contributed by atoms with Crippen molar-refractivity contribution in [3.63, 3.8) is 0 Å². The lowest BCUT2D eigenvalue weighted by atomic mass is 10.1. The Balaban J connectivity index is 1.84. The molecular weight excluding hydrogens is 304 g/mol. The van der Waals surface area contributed by atoms with Crippen LogP contribution in [0.15, 0.2) is 12.1 Å². The van der Waals surface area contributed by atoms with E-state index in [-0.39, 0.29) is 5.92 Å². The van der Waals surface area contributed by atoms with Crippen molar-refractivity contribution < 1.29 is 18.7 Å². The summed E-state index contributed by atoms with van der Waals surface area (Å²) >= 11 is 0. The third-order valence-electron chi connectivity index (χ3n) is 4.04. The van der Waals surface area contributed by atoms with Crippen molar-refractivity contribution in [1.82, 2.24) is 15.1 Å². The molecule has 1 aliphatic heterocycles. The van der Waals surface area contributed by atoms with Crippen molar-refractivity contribution in [2.75, 3.05) is 46.3 Å². The summed E-state index contributed by atoms with van der Waals surface area (Å²) in [6, 6.07) is 1.31. The maximum atomic E-state index is 13.6. The second-order valence-electron chi connectivity index (χ2n) is 6.20. The van der Waals surface area contributed by atoms with Crippen LogP contribution in [0, 0.1) is 17.6 Å². The van der Waals surface area contributed by atoms with Gasteiger partial charge in [0.1, 0.15) is 22.9 Å². The molecule has 1 fully saturated rings. The number of benzene rings is 1. The third kappa shape index (κ3) is 4.87. The maximum Gasteiger partial charge on any atom is 0.258 e. The van der Waals surface area contributed by atoms with Crippen LogP contribution in [-0.2, 0) is 0 Å². The minimum atomic E-state index is -1.06. The molecule has 1 amide bonds. The molecular formula is C16H23F2N3O2. The Bertz CT molecular complexity index is 537. The van der Waals surface area contributed by atoms with Crippen LogP contribution < -0.4 is 5.32 Å². The molecule has 1 aromatic carbocycles. The molecule has 0 spiro atoms. The van der Waals surface area contributed by atoms with E-state index in [2.05, 4.69) is 22.2 Å². The van der Waals surface area contributed by atoms with Gasteiger partial charge in [0.2, 0.25) is 0 Å². The van der Waals surface area contributed by atoms with E-state index in [9.17, 15) is 18.7 Å². The van der Waals surface area contributed by atoms with Crippen LogP contribution in [0.2, 0.25) is 0 Å². The SMILES string of the molecule is CC(CNC(=O)c1c(O)cc(F)cc1F)CN1CCN(C)CC1. The summed E-state index contributed by atoms with van der Waals surface area (Å²) in [6.45, 7) is 7.22. The minimum Gasteiger partial charge on any atom is -0.507 e. The first-order valence-corrected chi connectivity index (χ1v) is 7.74. The van der Waals surface area contributed by atoms with Gasteiger partial charge in [-0.05, 0) is 13.0 Å². The number of piperazine rings is 1. The van der Waals surface area contributed by atoms with Gasteiger partial charge in [-0.3, -0.25) is 4.79 Å². The van der Waals surface area contributed by atoms with E-state index in [0.29, 0.717) is 12.6 Å². The third-order valence-corrected chi connectivity index (χ3v) is 4.04. The van der Waals surface area contributed by atoms with Crippen LogP contribution in [-0.4, -0.2) is 67.1 Å². The Morgan fingerprint density at radius 3 is 2.57 bits per heavy atom. The maximum absolute atomic E-state index is 13.6. The lowest BCUT2D eigenvalue weighted by Gasteiger charge is -2.33. The molecule has 0 bridgehead atoms. The Labute approximate surface area is 134 Å². The van der Waals surface area contributed by atoms with Crippen LogP contribution in [0.25, 0.3) is 0 Å². The fourth-order valence-corrected chi connectivity index (χ4v) is 2.68. The van der Waals surface area contributed by atoms with Crippen molar-refractivity contribution >= 4 is 5.91 Å². The largest absolute Gasteiger partial charge is 0.507 e. The van der Waals surface area contributed by atoms with E-state index >= 15 is 0 Å². The normalized spacial score (nSPS) is 17.9. The number of hydrogen-bond acceptors (Lipinski definition) is 4. The number of rotatable bonds is 5. The van der Waals surface area contributed by atoms with E-state index < -0.39 is 28.9 Å². The predicted octanol–water partition coefficient (Wildman–Crippen LogP) is 1.28. The highest BCUT2D eigenvalue weighted by Gasteiger charge is 2.20. The minimum absolute atomic E-state index is 0.188. The number of likely N-dealkylation sites (N-methyl/N-ethyl adjacent to an activating group) is 1. The molecule has 1 aliphatic rings. The Morgan fingerprint density at radius 1 is 1.30 bits per heavy atom. The van der Waals surface area contributed by atoms with Gasteiger partial charge in [0, 0.05) is 51.4 Å². The summed E-state index contributed by atoms with van der Waals surface area (Å²) in [5.41, 5.74) is -0.516. The second kappa shape index (κ2) is 7.70. The first kappa shape index (κ1) is 17.6. The van der Waals surface area contributed by atoms with Crippen molar-refractivity contribution in [3.8, 4) is 5.75 Å². The molecule has 1 aromatic rings. The lowest BCUT2D eigenvalue weighted by molar-refractivity contribution is 0.0930. The number of aromatic hydroxyl groups is 1. The monoisotopic (exact) mass is 327 g/mol. The number of nitrogens with zero attached hydrogens (tertiary/aromatic N) is 2.